The van der Waals surface area contributed by atoms with Gasteiger partial charge in [0, 0.05) is 12.2 Å². The molecule has 2 N–H and O–H groups in total. The number of hydrogen-bond acceptors (Lipinski definition) is 2. The summed E-state index contributed by atoms with van der Waals surface area (Å²) in [6, 6.07) is 17.2. The summed E-state index contributed by atoms with van der Waals surface area (Å²) in [5.74, 6) is -1.12. The quantitative estimate of drug-likeness (QED) is 0.852. The maximum atomic E-state index is 11.8. The van der Waals surface area contributed by atoms with Crippen LogP contribution in [0.4, 0.5) is 5.69 Å². The molecule has 0 heterocycles. The van der Waals surface area contributed by atoms with Crippen LogP contribution in [0.15, 0.2) is 54.6 Å². The van der Waals surface area contributed by atoms with Crippen molar-refractivity contribution < 1.29 is 9.59 Å². The summed E-state index contributed by atoms with van der Waals surface area (Å²) in [7, 11) is 0. The highest BCUT2D eigenvalue weighted by atomic mass is 16.2. The molecule has 0 spiro atoms. The van der Waals surface area contributed by atoms with Gasteiger partial charge in [0.25, 0.3) is 0 Å². The number of benzene rings is 2. The number of carbonyl (C=O) groups is 2. The lowest BCUT2D eigenvalue weighted by molar-refractivity contribution is -0.136. The highest BCUT2D eigenvalue weighted by Gasteiger charge is 2.15. The highest BCUT2D eigenvalue weighted by Crippen LogP contribution is 2.13. The first-order valence-corrected chi connectivity index (χ1v) is 7.27. The van der Waals surface area contributed by atoms with Gasteiger partial charge in [0.1, 0.15) is 0 Å². The number of amides is 2. The van der Waals surface area contributed by atoms with Crippen LogP contribution >= 0.6 is 0 Å². The molecule has 0 aliphatic heterocycles. The molecule has 4 heteroatoms. The van der Waals surface area contributed by atoms with Gasteiger partial charge >= 0.3 is 11.8 Å². The summed E-state index contributed by atoms with van der Waals surface area (Å²) in [4.78, 5) is 23.7. The fourth-order valence-corrected chi connectivity index (χ4v) is 2.05. The Balaban J connectivity index is 1.84. The van der Waals surface area contributed by atoms with Crippen LogP contribution in [0, 0.1) is 6.92 Å². The summed E-state index contributed by atoms with van der Waals surface area (Å²) < 4.78 is 0. The summed E-state index contributed by atoms with van der Waals surface area (Å²) in [6.45, 7) is 4.39. The Bertz CT molecular complexity index is 636. The number of rotatable bonds is 4. The van der Waals surface area contributed by atoms with Crippen molar-refractivity contribution in [3.63, 3.8) is 0 Å². The second-order valence-corrected chi connectivity index (χ2v) is 5.34. The maximum absolute atomic E-state index is 11.8. The molecular formula is C18H20N2O2. The number of aryl methyl sites for hydroxylation is 1. The Morgan fingerprint density at radius 3 is 2.23 bits per heavy atom. The van der Waals surface area contributed by atoms with Crippen LogP contribution in [0.5, 0.6) is 0 Å². The standard InChI is InChI=1S/C18H20N2O2/c1-13-8-10-16(11-9-13)20-18(22)17(21)19-12-14(2)15-6-4-3-5-7-15/h3-11,14H,12H2,1-2H3,(H,19,21)(H,20,22)/t14-/m0/s1. The molecule has 0 saturated carbocycles. The second-order valence-electron chi connectivity index (χ2n) is 5.34. The molecule has 0 bridgehead atoms. The van der Waals surface area contributed by atoms with E-state index in [0.29, 0.717) is 12.2 Å². The van der Waals surface area contributed by atoms with E-state index in [-0.39, 0.29) is 5.92 Å². The second kappa shape index (κ2) is 7.41. The molecule has 0 saturated heterocycles. The van der Waals surface area contributed by atoms with E-state index in [1.165, 1.54) is 0 Å². The monoisotopic (exact) mass is 296 g/mol. The Labute approximate surface area is 130 Å². The molecule has 0 aromatic heterocycles. The summed E-state index contributed by atoms with van der Waals surface area (Å²) in [6.07, 6.45) is 0. The van der Waals surface area contributed by atoms with E-state index in [2.05, 4.69) is 10.6 Å². The lowest BCUT2D eigenvalue weighted by atomic mass is 10.0. The largest absolute Gasteiger partial charge is 0.347 e. The van der Waals surface area contributed by atoms with Gasteiger partial charge in [-0.15, -0.1) is 0 Å². The number of nitrogens with one attached hydrogen (secondary N) is 2. The summed E-state index contributed by atoms with van der Waals surface area (Å²) in [5.41, 5.74) is 2.84. The highest BCUT2D eigenvalue weighted by molar-refractivity contribution is 6.39. The predicted octanol–water partition coefficient (Wildman–Crippen LogP) is 2.85. The summed E-state index contributed by atoms with van der Waals surface area (Å²) in [5, 5.41) is 5.24. The van der Waals surface area contributed by atoms with E-state index in [0.717, 1.165) is 11.1 Å². The van der Waals surface area contributed by atoms with Crippen LogP contribution in [0.3, 0.4) is 0 Å². The van der Waals surface area contributed by atoms with Crippen molar-refractivity contribution in [3.8, 4) is 0 Å². The number of carbonyl (C=O) groups excluding carboxylic acids is 2. The van der Waals surface area contributed by atoms with Gasteiger partial charge in [0.05, 0.1) is 0 Å². The normalized spacial score (nSPS) is 11.5. The molecule has 0 radical (unpaired) electrons. The number of anilines is 1. The topological polar surface area (TPSA) is 58.2 Å². The third-order valence-electron chi connectivity index (χ3n) is 3.45. The Kier molecular flexibility index (Phi) is 5.31. The van der Waals surface area contributed by atoms with Gasteiger partial charge < -0.3 is 10.6 Å². The molecule has 114 valence electrons. The Hall–Kier alpha value is -2.62. The van der Waals surface area contributed by atoms with Gasteiger partial charge in [-0.3, -0.25) is 9.59 Å². The van der Waals surface area contributed by atoms with Gasteiger partial charge in [-0.1, -0.05) is 55.0 Å². The summed E-state index contributed by atoms with van der Waals surface area (Å²) >= 11 is 0. The zero-order chi connectivity index (χ0) is 15.9. The Morgan fingerprint density at radius 1 is 0.955 bits per heavy atom. The average Bonchev–Trinajstić information content (AvgIpc) is 2.55. The van der Waals surface area contributed by atoms with Gasteiger partial charge in [-0.2, -0.15) is 0 Å². The fraction of sp³-hybridized carbons (Fsp3) is 0.222. The van der Waals surface area contributed by atoms with Crippen LogP contribution < -0.4 is 10.6 Å². The SMILES string of the molecule is Cc1ccc(NC(=O)C(=O)NC[C@H](C)c2ccccc2)cc1. The van der Waals surface area contributed by atoms with Crippen molar-refractivity contribution in [1.29, 1.82) is 0 Å². The van der Waals surface area contributed by atoms with E-state index >= 15 is 0 Å². The molecule has 2 rings (SSSR count). The molecule has 2 amide bonds. The molecule has 22 heavy (non-hydrogen) atoms. The van der Waals surface area contributed by atoms with E-state index in [1.807, 2.05) is 56.3 Å². The maximum Gasteiger partial charge on any atom is 0.313 e. The van der Waals surface area contributed by atoms with Crippen molar-refractivity contribution in [3.05, 3.63) is 65.7 Å². The van der Waals surface area contributed by atoms with E-state index < -0.39 is 11.8 Å². The van der Waals surface area contributed by atoms with Gasteiger partial charge in [-0.05, 0) is 30.5 Å². The number of hydrogen-bond donors (Lipinski definition) is 2. The average molecular weight is 296 g/mol. The van der Waals surface area contributed by atoms with Crippen molar-refractivity contribution >= 4 is 17.5 Å². The molecule has 4 nitrogen and oxygen atoms in total. The molecule has 0 fully saturated rings. The van der Waals surface area contributed by atoms with Crippen molar-refractivity contribution in [2.45, 2.75) is 19.8 Å². The lowest BCUT2D eigenvalue weighted by Gasteiger charge is -2.13. The first-order chi connectivity index (χ1) is 10.6. The van der Waals surface area contributed by atoms with Crippen molar-refractivity contribution in [2.75, 3.05) is 11.9 Å². The van der Waals surface area contributed by atoms with Crippen molar-refractivity contribution in [2.24, 2.45) is 0 Å². The first-order valence-electron chi connectivity index (χ1n) is 7.27. The molecule has 2 aromatic carbocycles. The predicted molar refractivity (Wildman–Crippen MR) is 87.7 cm³/mol. The van der Waals surface area contributed by atoms with E-state index in [9.17, 15) is 9.59 Å². The Morgan fingerprint density at radius 2 is 1.59 bits per heavy atom. The third-order valence-corrected chi connectivity index (χ3v) is 3.45. The minimum Gasteiger partial charge on any atom is -0.347 e. The minimum atomic E-state index is -0.649. The fourth-order valence-electron chi connectivity index (χ4n) is 2.05. The van der Waals surface area contributed by atoms with E-state index in [1.54, 1.807) is 12.1 Å². The molecular weight excluding hydrogens is 276 g/mol. The van der Waals surface area contributed by atoms with Crippen LogP contribution in [0.25, 0.3) is 0 Å². The zero-order valence-electron chi connectivity index (χ0n) is 12.8. The van der Waals surface area contributed by atoms with Gasteiger partial charge in [-0.25, -0.2) is 0 Å². The third kappa shape index (κ3) is 4.45. The molecule has 0 aliphatic rings. The molecule has 0 aliphatic carbocycles. The van der Waals surface area contributed by atoms with E-state index in [4.69, 9.17) is 0 Å². The van der Waals surface area contributed by atoms with Gasteiger partial charge in [0.15, 0.2) is 0 Å². The smallest absolute Gasteiger partial charge is 0.313 e. The molecule has 1 atom stereocenters. The molecule has 2 aromatic rings. The lowest BCUT2D eigenvalue weighted by Crippen LogP contribution is -2.37. The van der Waals surface area contributed by atoms with Crippen LogP contribution in [0.2, 0.25) is 0 Å². The minimum absolute atomic E-state index is 0.150. The van der Waals surface area contributed by atoms with Crippen LogP contribution in [-0.2, 0) is 9.59 Å². The zero-order valence-corrected chi connectivity index (χ0v) is 12.8. The van der Waals surface area contributed by atoms with Crippen molar-refractivity contribution in [1.82, 2.24) is 5.32 Å². The molecule has 0 unspecified atom stereocenters. The van der Waals surface area contributed by atoms with Crippen LogP contribution in [0.1, 0.15) is 24.0 Å². The van der Waals surface area contributed by atoms with Gasteiger partial charge in [0.2, 0.25) is 0 Å². The first kappa shape index (κ1) is 15.8. The van der Waals surface area contributed by atoms with Crippen LogP contribution in [-0.4, -0.2) is 18.4 Å².